The van der Waals surface area contributed by atoms with Gasteiger partial charge in [0.05, 0.1) is 10.8 Å². The molecule has 0 amide bonds. The molecular weight excluding hydrogens is 391 g/mol. The Kier molecular flexibility index (Phi) is 7.30. The van der Waals surface area contributed by atoms with Crippen LogP contribution in [-0.4, -0.2) is 63.6 Å². The van der Waals surface area contributed by atoms with Crippen molar-refractivity contribution in [1.82, 2.24) is 9.88 Å². The summed E-state index contributed by atoms with van der Waals surface area (Å²) in [5.74, 6) is -0.358. The zero-order valence-corrected chi connectivity index (χ0v) is 16.9. The van der Waals surface area contributed by atoms with Gasteiger partial charge < -0.3 is 5.11 Å². The predicted molar refractivity (Wildman–Crippen MR) is 121 cm³/mol. The van der Waals surface area contributed by atoms with Gasteiger partial charge in [0, 0.05) is 31.4 Å². The van der Waals surface area contributed by atoms with Gasteiger partial charge in [-0.3, -0.25) is 9.69 Å². The molecule has 4 nitrogen and oxygen atoms in total. The molecule has 146 valence electrons. The Morgan fingerprint density at radius 3 is 2.31 bits per heavy atom. The van der Waals surface area contributed by atoms with Gasteiger partial charge in [-0.25, -0.2) is 4.98 Å². The molecule has 2 heterocycles. The molecule has 3 aromatic rings. The molecule has 6 heteroatoms. The normalized spacial score (nSPS) is 14.4. The van der Waals surface area contributed by atoms with E-state index in [1.165, 1.54) is 21.6 Å². The summed E-state index contributed by atoms with van der Waals surface area (Å²) in [5.41, 5.74) is 4.87. The van der Waals surface area contributed by atoms with Crippen LogP contribution in [-0.2, 0) is 11.3 Å². The van der Waals surface area contributed by atoms with Crippen molar-refractivity contribution in [2.75, 3.05) is 13.1 Å². The summed E-state index contributed by atoms with van der Waals surface area (Å²) in [6, 6.07) is 17.2. The Hall–Kier alpha value is -1.50. The number of aromatic nitrogens is 1. The standard InChI is InChI=1S/C23H24N2O2S.Na.H/c1-15(2)17-7-9-18(10-8-17)21-11-24-22(28-21)19-5-3-16(4-6-19)12-25-13-20(14-25)23(26)27;;/h3-11,15,20H,12-14H2,1-2H3,(H,26,27);;. The average molecular weight is 417 g/mol. The maximum absolute atomic E-state index is 10.9. The predicted octanol–water partition coefficient (Wildman–Crippen LogP) is 4.47. The van der Waals surface area contributed by atoms with Crippen LogP contribution in [0.1, 0.15) is 30.9 Å². The number of carbonyl (C=O) groups is 1. The first-order chi connectivity index (χ1) is 13.5. The molecule has 0 bridgehead atoms. The van der Waals surface area contributed by atoms with E-state index in [2.05, 4.69) is 72.3 Å². The van der Waals surface area contributed by atoms with E-state index in [1.807, 2.05) is 6.20 Å². The SMILES string of the molecule is CC(C)c1ccc(-c2cnc(-c3ccc(CN4CC(C(=O)O)C4)cc3)s2)cc1.[NaH]. The molecule has 1 saturated heterocycles. The second-order valence-electron chi connectivity index (χ2n) is 7.73. The molecule has 29 heavy (non-hydrogen) atoms. The van der Waals surface area contributed by atoms with Crippen LogP contribution in [0.4, 0.5) is 0 Å². The number of likely N-dealkylation sites (tertiary alicyclic amines) is 1. The van der Waals surface area contributed by atoms with Crippen molar-refractivity contribution in [2.24, 2.45) is 5.92 Å². The van der Waals surface area contributed by atoms with E-state index < -0.39 is 5.97 Å². The third kappa shape index (κ3) is 5.16. The molecule has 0 saturated carbocycles. The van der Waals surface area contributed by atoms with Crippen molar-refractivity contribution in [3.63, 3.8) is 0 Å². The molecular formula is C23H25N2NaO2S. The number of hydrogen-bond acceptors (Lipinski definition) is 4. The number of aliphatic carboxylic acids is 1. The van der Waals surface area contributed by atoms with Crippen LogP contribution in [0.15, 0.2) is 54.7 Å². The fourth-order valence-corrected chi connectivity index (χ4v) is 4.37. The summed E-state index contributed by atoms with van der Waals surface area (Å²) < 4.78 is 0. The molecule has 0 unspecified atom stereocenters. The number of rotatable bonds is 6. The molecule has 1 aromatic heterocycles. The van der Waals surface area contributed by atoms with E-state index in [4.69, 9.17) is 5.11 Å². The Balaban J connectivity index is 0.00000240. The van der Waals surface area contributed by atoms with E-state index in [1.54, 1.807) is 11.3 Å². The number of carboxylic acid groups (broad SMARTS) is 1. The first kappa shape index (κ1) is 22.2. The topological polar surface area (TPSA) is 53.4 Å². The van der Waals surface area contributed by atoms with Gasteiger partial charge in [-0.2, -0.15) is 0 Å². The van der Waals surface area contributed by atoms with Crippen molar-refractivity contribution in [1.29, 1.82) is 0 Å². The van der Waals surface area contributed by atoms with E-state index in [0.29, 0.717) is 19.0 Å². The third-order valence-electron chi connectivity index (χ3n) is 5.28. The molecule has 1 aliphatic rings. The van der Waals surface area contributed by atoms with Crippen molar-refractivity contribution in [2.45, 2.75) is 26.3 Å². The van der Waals surface area contributed by atoms with Gasteiger partial charge >= 0.3 is 35.5 Å². The fourth-order valence-electron chi connectivity index (χ4n) is 3.44. The van der Waals surface area contributed by atoms with Crippen molar-refractivity contribution in [3.8, 4) is 21.0 Å². The van der Waals surface area contributed by atoms with Crippen LogP contribution >= 0.6 is 11.3 Å². The monoisotopic (exact) mass is 416 g/mol. The molecule has 1 fully saturated rings. The van der Waals surface area contributed by atoms with Gasteiger partial charge in [-0.1, -0.05) is 62.4 Å². The van der Waals surface area contributed by atoms with E-state index in [0.717, 1.165) is 17.1 Å². The second kappa shape index (κ2) is 9.54. The molecule has 0 aliphatic carbocycles. The molecule has 2 aromatic carbocycles. The van der Waals surface area contributed by atoms with Crippen molar-refractivity contribution >= 4 is 46.9 Å². The Bertz CT molecular complexity index is 961. The zero-order chi connectivity index (χ0) is 19.7. The van der Waals surface area contributed by atoms with Gasteiger partial charge in [0.2, 0.25) is 0 Å². The van der Waals surface area contributed by atoms with Gasteiger partial charge in [0.15, 0.2) is 0 Å². The minimum absolute atomic E-state index is 0. The number of thiazole rings is 1. The summed E-state index contributed by atoms with van der Waals surface area (Å²) in [4.78, 5) is 18.8. The molecule has 0 spiro atoms. The molecule has 1 N–H and O–H groups in total. The van der Waals surface area contributed by atoms with Gasteiger partial charge in [-0.05, 0) is 22.6 Å². The maximum atomic E-state index is 10.9. The molecule has 4 rings (SSSR count). The molecule has 0 radical (unpaired) electrons. The average Bonchev–Trinajstić information content (AvgIpc) is 3.14. The Labute approximate surface area is 197 Å². The van der Waals surface area contributed by atoms with E-state index in [9.17, 15) is 4.79 Å². The second-order valence-corrected chi connectivity index (χ2v) is 8.76. The minimum atomic E-state index is -0.690. The summed E-state index contributed by atoms with van der Waals surface area (Å²) in [6.45, 7) is 6.49. The van der Waals surface area contributed by atoms with Crippen LogP contribution in [0.3, 0.4) is 0 Å². The molecule has 1 aliphatic heterocycles. The summed E-state index contributed by atoms with van der Waals surface area (Å²) in [7, 11) is 0. The van der Waals surface area contributed by atoms with Crippen LogP contribution in [0, 0.1) is 5.92 Å². The summed E-state index contributed by atoms with van der Waals surface area (Å²) in [6.07, 6.45) is 1.95. The van der Waals surface area contributed by atoms with Crippen LogP contribution in [0.2, 0.25) is 0 Å². The van der Waals surface area contributed by atoms with Gasteiger partial charge in [0.1, 0.15) is 5.01 Å². The Morgan fingerprint density at radius 2 is 1.72 bits per heavy atom. The third-order valence-corrected chi connectivity index (χ3v) is 6.38. The van der Waals surface area contributed by atoms with Crippen LogP contribution in [0.25, 0.3) is 21.0 Å². The van der Waals surface area contributed by atoms with E-state index in [-0.39, 0.29) is 35.5 Å². The summed E-state index contributed by atoms with van der Waals surface area (Å²) >= 11 is 1.71. The van der Waals surface area contributed by atoms with Crippen molar-refractivity contribution < 1.29 is 9.90 Å². The molecule has 0 atom stereocenters. The van der Waals surface area contributed by atoms with Crippen molar-refractivity contribution in [3.05, 3.63) is 65.9 Å². The van der Waals surface area contributed by atoms with Gasteiger partial charge in [-0.15, -0.1) is 11.3 Å². The number of nitrogens with zero attached hydrogens (tertiary/aromatic N) is 2. The fraction of sp³-hybridized carbons (Fsp3) is 0.304. The number of benzene rings is 2. The van der Waals surface area contributed by atoms with Gasteiger partial charge in [0.25, 0.3) is 0 Å². The first-order valence-corrected chi connectivity index (χ1v) is 10.4. The zero-order valence-electron chi connectivity index (χ0n) is 16.1. The van der Waals surface area contributed by atoms with E-state index >= 15 is 0 Å². The first-order valence-electron chi connectivity index (χ1n) is 9.60. The number of hydrogen-bond donors (Lipinski definition) is 1. The quantitative estimate of drug-likeness (QED) is 0.603. The summed E-state index contributed by atoms with van der Waals surface area (Å²) in [5, 5.41) is 9.99. The van der Waals surface area contributed by atoms with Crippen LogP contribution < -0.4 is 0 Å². The van der Waals surface area contributed by atoms with Crippen LogP contribution in [0.5, 0.6) is 0 Å². The Morgan fingerprint density at radius 1 is 1.10 bits per heavy atom. The number of carboxylic acids is 1.